The number of hydrogen-bond acceptors (Lipinski definition) is 4. The summed E-state index contributed by atoms with van der Waals surface area (Å²) in [6.07, 6.45) is 0.233. The molecular weight excluding hydrogens is 192 g/mol. The summed E-state index contributed by atoms with van der Waals surface area (Å²) in [5.74, 6) is 0.555. The van der Waals surface area contributed by atoms with Crippen LogP contribution < -0.4 is 0 Å². The van der Waals surface area contributed by atoms with E-state index in [2.05, 4.69) is 10.4 Å². The average molecular weight is 202 g/mol. The molecule has 0 aliphatic heterocycles. The normalized spacial score (nSPS) is 10.2. The first-order valence-electron chi connectivity index (χ1n) is 4.63. The molecule has 1 heterocycles. The second-order valence-corrected chi connectivity index (χ2v) is 3.29. The van der Waals surface area contributed by atoms with Crippen molar-refractivity contribution in [3.63, 3.8) is 0 Å². The largest absolute Gasteiger partial charge is 0.341 e. The van der Waals surface area contributed by atoms with Gasteiger partial charge in [-0.05, 0) is 6.92 Å². The van der Waals surface area contributed by atoms with Crippen LogP contribution in [0.4, 0.5) is 0 Å². The number of carbonyl (C=O) groups is 1. The molecular formula is C11H10N2O2. The fraction of sp³-hybridized carbons (Fsp3) is 0.182. The van der Waals surface area contributed by atoms with Crippen LogP contribution in [-0.2, 0) is 11.2 Å². The molecule has 2 rings (SSSR count). The van der Waals surface area contributed by atoms with Gasteiger partial charge >= 0.3 is 0 Å². The number of rotatable bonds is 3. The number of benzene rings is 1. The third kappa shape index (κ3) is 2.10. The molecule has 4 nitrogen and oxygen atoms in total. The number of carbonyl (C=O) groups excluding carboxylic acids is 1. The Morgan fingerprint density at radius 1 is 1.33 bits per heavy atom. The van der Waals surface area contributed by atoms with Crippen LogP contribution in [0, 0.1) is 0 Å². The van der Waals surface area contributed by atoms with Gasteiger partial charge in [0.15, 0.2) is 5.76 Å². The SMILES string of the molecule is CC(=O)Cc1onnc1-c1ccccc1. The van der Waals surface area contributed by atoms with Crippen LogP contribution in [0.2, 0.25) is 0 Å². The molecule has 0 atom stereocenters. The molecule has 0 bridgehead atoms. The highest BCUT2D eigenvalue weighted by Crippen LogP contribution is 2.20. The highest BCUT2D eigenvalue weighted by molar-refractivity contribution is 5.79. The highest BCUT2D eigenvalue weighted by atomic mass is 16.5. The van der Waals surface area contributed by atoms with E-state index in [1.807, 2.05) is 30.3 Å². The van der Waals surface area contributed by atoms with Crippen LogP contribution in [0.25, 0.3) is 11.3 Å². The standard InChI is InChI=1S/C11H10N2O2/c1-8(14)7-10-11(12-13-15-10)9-5-3-2-4-6-9/h2-6H,7H2,1H3. The molecule has 0 spiro atoms. The van der Waals surface area contributed by atoms with Crippen molar-refractivity contribution < 1.29 is 9.32 Å². The first-order valence-corrected chi connectivity index (χ1v) is 4.63. The number of nitrogens with zero attached hydrogens (tertiary/aromatic N) is 2. The van der Waals surface area contributed by atoms with Gasteiger partial charge in [-0.25, -0.2) is 0 Å². The molecule has 76 valence electrons. The fourth-order valence-electron chi connectivity index (χ4n) is 1.37. The maximum atomic E-state index is 11.0. The lowest BCUT2D eigenvalue weighted by atomic mass is 10.1. The molecule has 0 aliphatic carbocycles. The smallest absolute Gasteiger partial charge is 0.172 e. The summed E-state index contributed by atoms with van der Waals surface area (Å²) in [6.45, 7) is 1.51. The van der Waals surface area contributed by atoms with Gasteiger partial charge in [0.25, 0.3) is 0 Å². The van der Waals surface area contributed by atoms with Gasteiger partial charge in [-0.1, -0.05) is 30.3 Å². The van der Waals surface area contributed by atoms with Crippen LogP contribution >= 0.6 is 0 Å². The Bertz CT molecular complexity index is 462. The minimum absolute atomic E-state index is 0.0331. The van der Waals surface area contributed by atoms with E-state index >= 15 is 0 Å². The Balaban J connectivity index is 2.37. The molecule has 0 fully saturated rings. The Kier molecular flexibility index (Phi) is 2.58. The van der Waals surface area contributed by atoms with Crippen molar-refractivity contribution in [3.05, 3.63) is 36.1 Å². The van der Waals surface area contributed by atoms with E-state index in [-0.39, 0.29) is 12.2 Å². The third-order valence-electron chi connectivity index (χ3n) is 2.01. The summed E-state index contributed by atoms with van der Waals surface area (Å²) in [6, 6.07) is 9.54. The summed E-state index contributed by atoms with van der Waals surface area (Å²) in [5, 5.41) is 7.34. The van der Waals surface area contributed by atoms with Crippen LogP contribution in [0.5, 0.6) is 0 Å². The van der Waals surface area contributed by atoms with Gasteiger partial charge in [-0.2, -0.15) is 0 Å². The molecule has 1 aromatic heterocycles. The quantitative estimate of drug-likeness (QED) is 0.762. The Morgan fingerprint density at radius 2 is 2.07 bits per heavy atom. The zero-order valence-corrected chi connectivity index (χ0v) is 8.30. The molecule has 0 N–H and O–H groups in total. The highest BCUT2D eigenvalue weighted by Gasteiger charge is 2.13. The molecule has 4 heteroatoms. The summed E-state index contributed by atoms with van der Waals surface area (Å²) in [5.41, 5.74) is 1.56. The van der Waals surface area contributed by atoms with Crippen molar-refractivity contribution in [2.45, 2.75) is 13.3 Å². The zero-order valence-electron chi connectivity index (χ0n) is 8.30. The molecule has 15 heavy (non-hydrogen) atoms. The van der Waals surface area contributed by atoms with E-state index in [0.29, 0.717) is 11.5 Å². The van der Waals surface area contributed by atoms with Gasteiger partial charge < -0.3 is 4.52 Å². The Morgan fingerprint density at radius 3 is 2.73 bits per heavy atom. The van der Waals surface area contributed by atoms with Gasteiger partial charge in [-0.15, -0.1) is 5.10 Å². The molecule has 2 aromatic rings. The molecule has 0 saturated carbocycles. The maximum absolute atomic E-state index is 11.0. The lowest BCUT2D eigenvalue weighted by molar-refractivity contribution is -0.116. The summed E-state index contributed by atoms with van der Waals surface area (Å²) in [7, 11) is 0. The monoisotopic (exact) mass is 202 g/mol. The second kappa shape index (κ2) is 4.04. The number of hydrogen-bond donors (Lipinski definition) is 0. The number of Topliss-reactive ketones (excluding diaryl/α,β-unsaturated/α-hetero) is 1. The number of ketones is 1. The van der Waals surface area contributed by atoms with E-state index < -0.39 is 0 Å². The molecule has 0 saturated heterocycles. The van der Waals surface area contributed by atoms with Gasteiger partial charge in [0.05, 0.1) is 6.42 Å². The van der Waals surface area contributed by atoms with Crippen molar-refractivity contribution in [1.82, 2.24) is 10.4 Å². The van der Waals surface area contributed by atoms with Crippen LogP contribution in [-0.4, -0.2) is 16.2 Å². The molecule has 0 aliphatic rings. The predicted molar refractivity (Wildman–Crippen MR) is 54.1 cm³/mol. The van der Waals surface area contributed by atoms with Crippen molar-refractivity contribution in [1.29, 1.82) is 0 Å². The van der Waals surface area contributed by atoms with Crippen LogP contribution in [0.1, 0.15) is 12.7 Å². The second-order valence-electron chi connectivity index (χ2n) is 3.29. The van der Waals surface area contributed by atoms with E-state index in [1.165, 1.54) is 6.92 Å². The predicted octanol–water partition coefficient (Wildman–Crippen LogP) is 1.87. The van der Waals surface area contributed by atoms with E-state index in [1.54, 1.807) is 0 Å². The third-order valence-corrected chi connectivity index (χ3v) is 2.01. The van der Waals surface area contributed by atoms with Gasteiger partial charge in [0, 0.05) is 10.8 Å². The van der Waals surface area contributed by atoms with Crippen molar-refractivity contribution in [2.75, 3.05) is 0 Å². The minimum atomic E-state index is 0.0331. The lowest BCUT2D eigenvalue weighted by Crippen LogP contribution is -1.96. The summed E-state index contributed by atoms with van der Waals surface area (Å²) in [4.78, 5) is 11.0. The lowest BCUT2D eigenvalue weighted by Gasteiger charge is -1.96. The van der Waals surface area contributed by atoms with Crippen LogP contribution in [0.15, 0.2) is 34.9 Å². The van der Waals surface area contributed by atoms with Crippen molar-refractivity contribution in [2.24, 2.45) is 0 Å². The maximum Gasteiger partial charge on any atom is 0.172 e. The summed E-state index contributed by atoms with van der Waals surface area (Å²) < 4.78 is 4.95. The number of aromatic nitrogens is 2. The Hall–Kier alpha value is -1.97. The Labute approximate surface area is 86.9 Å². The van der Waals surface area contributed by atoms with E-state index in [4.69, 9.17) is 4.52 Å². The molecule has 0 unspecified atom stereocenters. The summed E-state index contributed by atoms with van der Waals surface area (Å²) >= 11 is 0. The van der Waals surface area contributed by atoms with Crippen molar-refractivity contribution in [3.8, 4) is 11.3 Å². The van der Waals surface area contributed by atoms with Gasteiger partial charge in [0.2, 0.25) is 0 Å². The fourth-order valence-corrected chi connectivity index (χ4v) is 1.37. The average Bonchev–Trinajstić information content (AvgIpc) is 2.66. The minimum Gasteiger partial charge on any atom is -0.341 e. The van der Waals surface area contributed by atoms with Gasteiger partial charge in [-0.3, -0.25) is 4.79 Å². The molecule has 0 radical (unpaired) electrons. The van der Waals surface area contributed by atoms with Crippen molar-refractivity contribution >= 4 is 5.78 Å². The van der Waals surface area contributed by atoms with Crippen LogP contribution in [0.3, 0.4) is 0 Å². The van der Waals surface area contributed by atoms with E-state index in [0.717, 1.165) is 5.56 Å². The van der Waals surface area contributed by atoms with Gasteiger partial charge in [0.1, 0.15) is 11.5 Å². The van der Waals surface area contributed by atoms with E-state index in [9.17, 15) is 4.79 Å². The zero-order chi connectivity index (χ0) is 10.7. The molecule has 0 amide bonds. The molecule has 1 aromatic carbocycles. The first kappa shape index (κ1) is 9.58. The first-order chi connectivity index (χ1) is 7.27. The topological polar surface area (TPSA) is 56.0 Å².